The molecule has 0 aromatic heterocycles. The molecule has 4 nitrogen and oxygen atoms in total. The van der Waals surface area contributed by atoms with Crippen LogP contribution in [0.2, 0.25) is 0 Å². The van der Waals surface area contributed by atoms with Gasteiger partial charge in [-0.1, -0.05) is 32.9 Å². The van der Waals surface area contributed by atoms with Crippen molar-refractivity contribution >= 4 is 11.9 Å². The van der Waals surface area contributed by atoms with Crippen molar-refractivity contribution < 1.29 is 19.1 Å². The number of hydrogen-bond acceptors (Lipinski definition) is 4. The van der Waals surface area contributed by atoms with Gasteiger partial charge in [-0.05, 0) is 67.6 Å². The molecule has 2 bridgehead atoms. The summed E-state index contributed by atoms with van der Waals surface area (Å²) in [5.74, 6) is 0.990. The Hall–Kier alpha value is -1.32. The van der Waals surface area contributed by atoms with Gasteiger partial charge in [0.15, 0.2) is 0 Å². The van der Waals surface area contributed by atoms with Gasteiger partial charge in [-0.3, -0.25) is 9.59 Å². The Morgan fingerprint density at radius 1 is 1.04 bits per heavy atom. The maximum Gasteiger partial charge on any atom is 0.302 e. The van der Waals surface area contributed by atoms with Crippen LogP contribution in [0.25, 0.3) is 0 Å². The molecule has 0 N–H and O–H groups in total. The van der Waals surface area contributed by atoms with Gasteiger partial charge in [0.2, 0.25) is 0 Å². The lowest BCUT2D eigenvalue weighted by Gasteiger charge is -2.65. The summed E-state index contributed by atoms with van der Waals surface area (Å²) in [4.78, 5) is 23.7. The molecule has 0 heterocycles. The van der Waals surface area contributed by atoms with E-state index in [1.54, 1.807) is 6.92 Å². The molecule has 0 aromatic rings. The summed E-state index contributed by atoms with van der Waals surface area (Å²) in [6, 6.07) is 0. The number of fused-ring (bicyclic) bond motifs is 3. The van der Waals surface area contributed by atoms with E-state index in [9.17, 15) is 9.59 Å². The molecule has 4 aliphatic rings. The average molecular weight is 389 g/mol. The van der Waals surface area contributed by atoms with Crippen molar-refractivity contribution in [3.05, 3.63) is 12.2 Å². The van der Waals surface area contributed by atoms with Crippen molar-refractivity contribution in [2.24, 2.45) is 34.0 Å². The standard InChI is InChI=1S/C24H36O4/c1-14-12-24-10-7-19-22(4,5)20(28-16(3)26)8-9-23(19,6)21(24)18(27-15(2)25)11-17(14)13-24/h17-21H,1,7-13H2,2-6H3. The molecule has 1 spiro atoms. The average Bonchev–Trinajstić information content (AvgIpc) is 2.79. The third-order valence-corrected chi connectivity index (χ3v) is 9.09. The molecular formula is C24H36O4. The molecular weight excluding hydrogens is 352 g/mol. The Balaban J connectivity index is 1.73. The van der Waals surface area contributed by atoms with Crippen LogP contribution in [-0.4, -0.2) is 24.1 Å². The topological polar surface area (TPSA) is 52.6 Å². The third-order valence-electron chi connectivity index (χ3n) is 9.09. The van der Waals surface area contributed by atoms with Crippen molar-refractivity contribution in [1.29, 1.82) is 0 Å². The van der Waals surface area contributed by atoms with E-state index in [0.717, 1.165) is 32.1 Å². The first-order valence-electron chi connectivity index (χ1n) is 11.0. The van der Waals surface area contributed by atoms with Crippen LogP contribution in [0, 0.1) is 34.0 Å². The van der Waals surface area contributed by atoms with Crippen LogP contribution < -0.4 is 0 Å². The zero-order valence-electron chi connectivity index (χ0n) is 18.2. The molecule has 4 heteroatoms. The van der Waals surface area contributed by atoms with E-state index in [1.165, 1.54) is 25.3 Å². The second kappa shape index (κ2) is 6.34. The number of carbonyl (C=O) groups is 2. The lowest BCUT2D eigenvalue weighted by atomic mass is 9.40. The third kappa shape index (κ3) is 2.77. The van der Waals surface area contributed by atoms with Gasteiger partial charge in [0.25, 0.3) is 0 Å². The highest BCUT2D eigenvalue weighted by Gasteiger charge is 2.68. The summed E-state index contributed by atoms with van der Waals surface area (Å²) in [5, 5.41) is 0. The first-order valence-corrected chi connectivity index (χ1v) is 11.0. The van der Waals surface area contributed by atoms with Crippen LogP contribution in [-0.2, 0) is 19.1 Å². The Bertz CT molecular complexity index is 709. The molecule has 4 aliphatic carbocycles. The van der Waals surface area contributed by atoms with Crippen molar-refractivity contribution in [1.82, 2.24) is 0 Å². The second-order valence-electron chi connectivity index (χ2n) is 11.0. The van der Waals surface area contributed by atoms with Crippen molar-refractivity contribution in [2.45, 2.75) is 91.8 Å². The monoisotopic (exact) mass is 388 g/mol. The van der Waals surface area contributed by atoms with Gasteiger partial charge in [0, 0.05) is 25.2 Å². The summed E-state index contributed by atoms with van der Waals surface area (Å²) < 4.78 is 11.8. The number of esters is 2. The summed E-state index contributed by atoms with van der Waals surface area (Å²) >= 11 is 0. The summed E-state index contributed by atoms with van der Waals surface area (Å²) in [7, 11) is 0. The maximum atomic E-state index is 12.0. The minimum Gasteiger partial charge on any atom is -0.462 e. The number of carbonyl (C=O) groups excluding carboxylic acids is 2. The predicted octanol–water partition coefficient (Wildman–Crippen LogP) is 5.06. The normalized spacial score (nSPS) is 46.3. The molecule has 0 aliphatic heterocycles. The van der Waals surface area contributed by atoms with Crippen LogP contribution in [0.3, 0.4) is 0 Å². The van der Waals surface area contributed by atoms with E-state index >= 15 is 0 Å². The minimum atomic E-state index is -0.181. The van der Waals surface area contributed by atoms with Gasteiger partial charge in [0.1, 0.15) is 12.2 Å². The zero-order chi connectivity index (χ0) is 20.5. The van der Waals surface area contributed by atoms with Crippen LogP contribution >= 0.6 is 0 Å². The molecule has 7 atom stereocenters. The largest absolute Gasteiger partial charge is 0.462 e. The Morgan fingerprint density at radius 2 is 1.71 bits per heavy atom. The minimum absolute atomic E-state index is 0.00984. The van der Waals surface area contributed by atoms with Gasteiger partial charge in [-0.25, -0.2) is 0 Å². The highest BCUT2D eigenvalue weighted by molar-refractivity contribution is 5.66. The van der Waals surface area contributed by atoms with Crippen LogP contribution in [0.5, 0.6) is 0 Å². The van der Waals surface area contributed by atoms with Gasteiger partial charge < -0.3 is 9.47 Å². The Morgan fingerprint density at radius 3 is 2.36 bits per heavy atom. The highest BCUT2D eigenvalue weighted by Crippen LogP contribution is 2.72. The maximum absolute atomic E-state index is 12.0. The van der Waals surface area contributed by atoms with Crippen LogP contribution in [0.4, 0.5) is 0 Å². The predicted molar refractivity (Wildman–Crippen MR) is 107 cm³/mol. The SMILES string of the molecule is C=C1CC23CCC4C(C)(C)C(OC(C)=O)CCC4(C)C2C(OC(C)=O)CC1C3. The number of ether oxygens (including phenoxy) is 2. The molecule has 4 rings (SSSR count). The smallest absolute Gasteiger partial charge is 0.302 e. The van der Waals surface area contributed by atoms with Crippen LogP contribution in [0.15, 0.2) is 12.2 Å². The van der Waals surface area contributed by atoms with Gasteiger partial charge in [-0.15, -0.1) is 0 Å². The lowest BCUT2D eigenvalue weighted by molar-refractivity contribution is -0.222. The molecule has 28 heavy (non-hydrogen) atoms. The molecule has 7 unspecified atom stereocenters. The number of allylic oxidation sites excluding steroid dienone is 1. The van der Waals surface area contributed by atoms with E-state index in [1.807, 2.05) is 0 Å². The van der Waals surface area contributed by atoms with E-state index in [0.29, 0.717) is 17.8 Å². The second-order valence-corrected chi connectivity index (χ2v) is 11.0. The van der Waals surface area contributed by atoms with E-state index < -0.39 is 0 Å². The first-order chi connectivity index (χ1) is 13.0. The molecule has 0 aromatic carbocycles. The summed E-state index contributed by atoms with van der Waals surface area (Å²) in [6.07, 6.45) is 7.44. The summed E-state index contributed by atoms with van der Waals surface area (Å²) in [6.45, 7) is 14.5. The molecule has 0 amide bonds. The van der Waals surface area contributed by atoms with Crippen molar-refractivity contribution in [3.8, 4) is 0 Å². The fourth-order valence-electron chi connectivity index (χ4n) is 8.38. The quantitative estimate of drug-likeness (QED) is 0.490. The molecule has 4 saturated carbocycles. The Labute approximate surface area is 169 Å². The van der Waals surface area contributed by atoms with Crippen molar-refractivity contribution in [3.63, 3.8) is 0 Å². The first kappa shape index (κ1) is 20.0. The lowest BCUT2D eigenvalue weighted by Crippen LogP contribution is -2.63. The van der Waals surface area contributed by atoms with Crippen molar-refractivity contribution in [2.75, 3.05) is 0 Å². The van der Waals surface area contributed by atoms with Gasteiger partial charge in [0.05, 0.1) is 0 Å². The van der Waals surface area contributed by atoms with E-state index in [-0.39, 0.29) is 40.4 Å². The highest BCUT2D eigenvalue weighted by atomic mass is 16.5. The molecule has 156 valence electrons. The van der Waals surface area contributed by atoms with Gasteiger partial charge in [-0.2, -0.15) is 0 Å². The van der Waals surface area contributed by atoms with Gasteiger partial charge >= 0.3 is 11.9 Å². The Kier molecular flexibility index (Phi) is 4.52. The fraction of sp³-hybridized carbons (Fsp3) is 0.833. The molecule has 4 fully saturated rings. The number of rotatable bonds is 2. The zero-order valence-corrected chi connectivity index (χ0v) is 18.2. The number of hydrogen-bond donors (Lipinski definition) is 0. The van der Waals surface area contributed by atoms with E-state index in [2.05, 4.69) is 27.4 Å². The molecule has 0 radical (unpaired) electrons. The van der Waals surface area contributed by atoms with Crippen LogP contribution in [0.1, 0.15) is 79.6 Å². The van der Waals surface area contributed by atoms with E-state index in [4.69, 9.17) is 9.47 Å². The molecule has 0 saturated heterocycles. The fourth-order valence-corrected chi connectivity index (χ4v) is 8.38. The summed E-state index contributed by atoms with van der Waals surface area (Å²) in [5.41, 5.74) is 1.62.